The first kappa shape index (κ1) is 17.8. The summed E-state index contributed by atoms with van der Waals surface area (Å²) in [6, 6.07) is 8.74. The van der Waals surface area contributed by atoms with Gasteiger partial charge in [-0.05, 0) is 48.8 Å². The van der Waals surface area contributed by atoms with E-state index in [1.165, 1.54) is 12.1 Å². The van der Waals surface area contributed by atoms with Crippen LogP contribution in [0.3, 0.4) is 0 Å². The van der Waals surface area contributed by atoms with Crippen molar-refractivity contribution in [2.75, 3.05) is 0 Å². The number of ether oxygens (including phenoxy) is 1. The van der Waals surface area contributed by atoms with E-state index in [0.717, 1.165) is 23.5 Å². The second kappa shape index (κ2) is 7.47. The Labute approximate surface area is 148 Å². The minimum atomic E-state index is -4.79. The summed E-state index contributed by atoms with van der Waals surface area (Å²) in [5.41, 5.74) is 1.75. The lowest BCUT2D eigenvalue weighted by molar-refractivity contribution is -0.274. The van der Waals surface area contributed by atoms with Gasteiger partial charge in [0.25, 0.3) is 0 Å². The molecule has 0 N–H and O–H groups in total. The number of carbonyl (C=O) groups is 1. The Balaban J connectivity index is 1.65. The molecule has 2 aromatic rings. The molecule has 3 rings (SSSR count). The molecule has 0 bridgehead atoms. The number of halogens is 3. The van der Waals surface area contributed by atoms with E-state index in [4.69, 9.17) is 4.42 Å². The van der Waals surface area contributed by atoms with Crippen molar-refractivity contribution in [3.05, 3.63) is 83.4 Å². The Morgan fingerprint density at radius 2 is 1.92 bits per heavy atom. The van der Waals surface area contributed by atoms with Crippen LogP contribution in [0.2, 0.25) is 0 Å². The highest BCUT2D eigenvalue weighted by molar-refractivity contribution is 6.09. The zero-order valence-electron chi connectivity index (χ0n) is 13.6. The first-order chi connectivity index (χ1) is 12.4. The molecule has 1 aromatic heterocycles. The molecule has 1 aliphatic rings. The smallest absolute Gasteiger partial charge is 0.465 e. The first-order valence-electron chi connectivity index (χ1n) is 7.91. The number of rotatable bonds is 5. The van der Waals surface area contributed by atoms with Crippen molar-refractivity contribution >= 4 is 11.9 Å². The second-order valence-corrected chi connectivity index (χ2v) is 5.67. The quantitative estimate of drug-likeness (QED) is 0.640. The van der Waals surface area contributed by atoms with E-state index in [-0.39, 0.29) is 11.3 Å². The summed E-state index contributed by atoms with van der Waals surface area (Å²) < 4.78 is 46.0. The van der Waals surface area contributed by atoms with Crippen LogP contribution in [0.4, 0.5) is 13.2 Å². The summed E-state index contributed by atoms with van der Waals surface area (Å²) in [5.74, 6) is 0.0264. The first-order valence-corrected chi connectivity index (χ1v) is 7.91. The lowest BCUT2D eigenvalue weighted by Gasteiger charge is -2.13. The number of carbonyl (C=O) groups excluding carboxylic acids is 1. The monoisotopic (exact) mass is 360 g/mol. The maximum atomic E-state index is 12.5. The second-order valence-electron chi connectivity index (χ2n) is 5.67. The number of furan rings is 1. The van der Waals surface area contributed by atoms with E-state index in [1.807, 2.05) is 24.3 Å². The zero-order chi connectivity index (χ0) is 18.6. The van der Waals surface area contributed by atoms with E-state index >= 15 is 0 Å². The SMILES string of the molecule is O=C(C1=CCC(/C=C/c2ccco2)=CC1)c1cccc(OC(F)(F)F)c1. The Morgan fingerprint density at radius 3 is 2.58 bits per heavy atom. The van der Waals surface area contributed by atoms with Crippen LogP contribution in [-0.4, -0.2) is 12.1 Å². The molecule has 0 saturated carbocycles. The summed E-state index contributed by atoms with van der Waals surface area (Å²) in [6.45, 7) is 0. The normalized spacial score (nSPS) is 14.9. The van der Waals surface area contributed by atoms with Crippen LogP contribution in [0, 0.1) is 0 Å². The van der Waals surface area contributed by atoms with Gasteiger partial charge in [-0.15, -0.1) is 13.2 Å². The predicted octanol–water partition coefficient (Wildman–Crippen LogP) is 5.72. The zero-order valence-corrected chi connectivity index (χ0v) is 13.6. The molecule has 0 saturated heterocycles. The lowest BCUT2D eigenvalue weighted by atomic mass is 9.93. The molecule has 6 heteroatoms. The Bertz CT molecular complexity index is 872. The summed E-state index contributed by atoms with van der Waals surface area (Å²) in [5, 5.41) is 0. The fourth-order valence-electron chi connectivity index (χ4n) is 2.57. The number of allylic oxidation sites excluding steroid dienone is 5. The van der Waals surface area contributed by atoms with Crippen molar-refractivity contribution in [2.45, 2.75) is 19.2 Å². The average molecular weight is 360 g/mol. The van der Waals surface area contributed by atoms with E-state index in [0.29, 0.717) is 18.4 Å². The van der Waals surface area contributed by atoms with Gasteiger partial charge in [-0.3, -0.25) is 4.79 Å². The third kappa shape index (κ3) is 4.75. The number of benzene rings is 1. The topological polar surface area (TPSA) is 39.4 Å². The molecule has 0 fully saturated rings. The average Bonchev–Trinajstić information content (AvgIpc) is 3.12. The minimum absolute atomic E-state index is 0.168. The van der Waals surface area contributed by atoms with Gasteiger partial charge in [-0.1, -0.05) is 30.4 Å². The molecule has 1 aromatic carbocycles. The molecule has 26 heavy (non-hydrogen) atoms. The number of hydrogen-bond acceptors (Lipinski definition) is 3. The lowest BCUT2D eigenvalue weighted by Crippen LogP contribution is -2.17. The fraction of sp³-hybridized carbons (Fsp3) is 0.150. The van der Waals surface area contributed by atoms with E-state index in [1.54, 1.807) is 18.4 Å². The van der Waals surface area contributed by atoms with Gasteiger partial charge in [-0.2, -0.15) is 0 Å². The van der Waals surface area contributed by atoms with Crippen molar-refractivity contribution in [3.8, 4) is 5.75 Å². The van der Waals surface area contributed by atoms with Crippen molar-refractivity contribution < 1.29 is 27.1 Å². The van der Waals surface area contributed by atoms with Crippen molar-refractivity contribution in [1.29, 1.82) is 0 Å². The van der Waals surface area contributed by atoms with Crippen LogP contribution in [0.15, 0.2) is 76.5 Å². The number of Topliss-reactive ketones (excluding diaryl/α,β-unsaturated/α-hetero) is 1. The molecule has 0 spiro atoms. The van der Waals surface area contributed by atoms with Gasteiger partial charge in [0.1, 0.15) is 11.5 Å². The van der Waals surface area contributed by atoms with Crippen LogP contribution in [0.25, 0.3) is 6.08 Å². The highest BCUT2D eigenvalue weighted by Gasteiger charge is 2.31. The number of ketones is 1. The summed E-state index contributed by atoms with van der Waals surface area (Å²) in [7, 11) is 0. The van der Waals surface area contributed by atoms with Gasteiger partial charge in [-0.25, -0.2) is 0 Å². The maximum Gasteiger partial charge on any atom is 0.573 e. The molecule has 1 heterocycles. The predicted molar refractivity (Wildman–Crippen MR) is 90.6 cm³/mol. The molecule has 1 aliphatic carbocycles. The Hall–Kier alpha value is -3.02. The van der Waals surface area contributed by atoms with Gasteiger partial charge in [0, 0.05) is 11.1 Å². The molecule has 0 aliphatic heterocycles. The molecular formula is C20H15F3O3. The van der Waals surface area contributed by atoms with Gasteiger partial charge < -0.3 is 9.15 Å². The summed E-state index contributed by atoms with van der Waals surface area (Å²) in [6.07, 6.45) is 5.24. The highest BCUT2D eigenvalue weighted by atomic mass is 19.4. The van der Waals surface area contributed by atoms with Crippen molar-refractivity contribution in [3.63, 3.8) is 0 Å². The maximum absolute atomic E-state index is 12.5. The molecular weight excluding hydrogens is 345 g/mol. The standard InChI is InChI=1S/C20H15F3O3/c21-20(22,23)26-18-4-1-3-16(13-18)19(24)15-9-6-14(7-10-15)8-11-17-5-2-12-25-17/h1-6,8,10-13H,7,9H2/b11-8+. The molecule has 3 nitrogen and oxygen atoms in total. The molecule has 0 unspecified atom stereocenters. The Kier molecular flexibility index (Phi) is 5.11. The minimum Gasteiger partial charge on any atom is -0.465 e. The van der Waals surface area contributed by atoms with E-state index < -0.39 is 12.1 Å². The van der Waals surface area contributed by atoms with Crippen LogP contribution in [0.5, 0.6) is 5.75 Å². The van der Waals surface area contributed by atoms with E-state index in [9.17, 15) is 18.0 Å². The molecule has 0 amide bonds. The summed E-state index contributed by atoms with van der Waals surface area (Å²) >= 11 is 0. The van der Waals surface area contributed by atoms with Crippen LogP contribution in [-0.2, 0) is 0 Å². The summed E-state index contributed by atoms with van der Waals surface area (Å²) in [4.78, 5) is 12.5. The highest BCUT2D eigenvalue weighted by Crippen LogP contribution is 2.26. The third-order valence-corrected chi connectivity index (χ3v) is 3.79. The van der Waals surface area contributed by atoms with Crippen molar-refractivity contribution in [1.82, 2.24) is 0 Å². The largest absolute Gasteiger partial charge is 0.573 e. The van der Waals surface area contributed by atoms with Gasteiger partial charge in [0.2, 0.25) is 0 Å². The third-order valence-electron chi connectivity index (χ3n) is 3.79. The van der Waals surface area contributed by atoms with Crippen LogP contribution < -0.4 is 4.74 Å². The fourth-order valence-corrected chi connectivity index (χ4v) is 2.57. The van der Waals surface area contributed by atoms with E-state index in [2.05, 4.69) is 4.74 Å². The van der Waals surface area contributed by atoms with Crippen LogP contribution in [0.1, 0.15) is 29.0 Å². The van der Waals surface area contributed by atoms with Gasteiger partial charge in [0.05, 0.1) is 6.26 Å². The number of alkyl halides is 3. The number of hydrogen-bond donors (Lipinski definition) is 0. The molecule has 134 valence electrons. The van der Waals surface area contributed by atoms with Crippen LogP contribution >= 0.6 is 0 Å². The molecule has 0 atom stereocenters. The van der Waals surface area contributed by atoms with Crippen molar-refractivity contribution in [2.24, 2.45) is 0 Å². The molecule has 0 radical (unpaired) electrons. The Morgan fingerprint density at radius 1 is 1.08 bits per heavy atom. The van der Waals surface area contributed by atoms with Gasteiger partial charge >= 0.3 is 6.36 Å². The van der Waals surface area contributed by atoms with Gasteiger partial charge in [0.15, 0.2) is 5.78 Å².